The third-order valence-corrected chi connectivity index (χ3v) is 5.57. The highest BCUT2D eigenvalue weighted by atomic mass is 16.7. The molecule has 0 aromatic carbocycles. The van der Waals surface area contributed by atoms with Crippen molar-refractivity contribution in [2.24, 2.45) is 17.3 Å². The van der Waals surface area contributed by atoms with Crippen LogP contribution in [0.2, 0.25) is 0 Å². The van der Waals surface area contributed by atoms with Crippen molar-refractivity contribution in [1.29, 1.82) is 0 Å². The van der Waals surface area contributed by atoms with Crippen LogP contribution < -0.4 is 0 Å². The molecule has 3 fully saturated rings. The van der Waals surface area contributed by atoms with E-state index in [-0.39, 0.29) is 5.79 Å². The first-order valence-electron chi connectivity index (χ1n) is 7.64. The number of fused-ring (bicyclic) bond motifs is 3. The summed E-state index contributed by atoms with van der Waals surface area (Å²) < 4.78 is 22.5. The van der Waals surface area contributed by atoms with E-state index in [9.17, 15) is 0 Å². The lowest BCUT2D eigenvalue weighted by Crippen LogP contribution is -2.47. The van der Waals surface area contributed by atoms with Crippen LogP contribution in [0.25, 0.3) is 0 Å². The molecule has 0 aromatic rings. The molecule has 0 aromatic heterocycles. The van der Waals surface area contributed by atoms with Gasteiger partial charge in [0.25, 0.3) is 0 Å². The average molecular weight is 282 g/mol. The quantitative estimate of drug-likeness (QED) is 0.441. The highest BCUT2D eigenvalue weighted by Crippen LogP contribution is 2.63. The van der Waals surface area contributed by atoms with Gasteiger partial charge in [0.1, 0.15) is 6.79 Å². The first-order valence-corrected chi connectivity index (χ1v) is 7.64. The van der Waals surface area contributed by atoms with Crippen molar-refractivity contribution in [3.63, 3.8) is 0 Å². The molecular weight excluding hydrogens is 256 g/mol. The maximum Gasteiger partial charge on any atom is 0.175 e. The van der Waals surface area contributed by atoms with Crippen LogP contribution in [0.3, 0.4) is 0 Å². The van der Waals surface area contributed by atoms with Crippen molar-refractivity contribution >= 4 is 0 Å². The van der Waals surface area contributed by atoms with E-state index in [1.807, 2.05) is 0 Å². The van der Waals surface area contributed by atoms with Gasteiger partial charge in [-0.15, -0.1) is 0 Å². The molecule has 3 aliphatic rings. The minimum Gasteiger partial charge on any atom is -0.359 e. The van der Waals surface area contributed by atoms with Crippen molar-refractivity contribution in [2.75, 3.05) is 33.7 Å². The molecule has 2 aliphatic carbocycles. The first kappa shape index (κ1) is 14.5. The van der Waals surface area contributed by atoms with Crippen molar-refractivity contribution in [3.05, 3.63) is 12.2 Å². The van der Waals surface area contributed by atoms with Gasteiger partial charge in [0, 0.05) is 26.1 Å². The van der Waals surface area contributed by atoms with Crippen LogP contribution >= 0.6 is 0 Å². The summed E-state index contributed by atoms with van der Waals surface area (Å²) in [7, 11) is 1.66. The van der Waals surface area contributed by atoms with Gasteiger partial charge < -0.3 is 18.9 Å². The number of hydrogen-bond acceptors (Lipinski definition) is 4. The smallest absolute Gasteiger partial charge is 0.175 e. The molecule has 3 rings (SSSR count). The molecule has 2 saturated carbocycles. The molecule has 0 unspecified atom stereocenters. The van der Waals surface area contributed by atoms with Gasteiger partial charge in [0.15, 0.2) is 5.79 Å². The molecule has 0 radical (unpaired) electrons. The molecule has 1 heterocycles. The molecule has 2 bridgehead atoms. The van der Waals surface area contributed by atoms with E-state index in [2.05, 4.69) is 13.5 Å². The third kappa shape index (κ3) is 2.23. The van der Waals surface area contributed by atoms with Gasteiger partial charge in [-0.25, -0.2) is 0 Å². The first-order chi connectivity index (χ1) is 9.62. The molecule has 0 N–H and O–H groups in total. The summed E-state index contributed by atoms with van der Waals surface area (Å²) in [6.07, 6.45) is 4.27. The Morgan fingerprint density at radius 3 is 2.75 bits per heavy atom. The summed E-state index contributed by atoms with van der Waals surface area (Å²) in [5.74, 6) is 0.565. The maximum absolute atomic E-state index is 6.01. The second-order valence-electron chi connectivity index (χ2n) is 6.63. The molecular formula is C16H26O4. The molecule has 4 nitrogen and oxygen atoms in total. The molecule has 1 saturated heterocycles. The number of methoxy groups -OCH3 is 1. The van der Waals surface area contributed by atoms with Crippen LogP contribution in [0.4, 0.5) is 0 Å². The van der Waals surface area contributed by atoms with Crippen LogP contribution in [-0.4, -0.2) is 39.5 Å². The lowest BCUT2D eigenvalue weighted by molar-refractivity contribution is -0.221. The second kappa shape index (κ2) is 5.41. The summed E-state index contributed by atoms with van der Waals surface area (Å²) in [5.41, 5.74) is 1.62. The minimum atomic E-state index is -0.371. The van der Waals surface area contributed by atoms with Gasteiger partial charge in [-0.2, -0.15) is 0 Å². The molecule has 1 aliphatic heterocycles. The third-order valence-electron chi connectivity index (χ3n) is 5.57. The summed E-state index contributed by atoms with van der Waals surface area (Å²) in [6.45, 7) is 9.23. The fourth-order valence-corrected chi connectivity index (χ4v) is 4.47. The van der Waals surface area contributed by atoms with Crippen LogP contribution in [0, 0.1) is 17.3 Å². The molecule has 1 spiro atoms. The standard InChI is InChI=1S/C16H26O4/c1-12-8-15(4-5-18-11-17-3)10-14(12)16(9-13(15)2)19-6-7-20-16/h13-14H,1,4-11H2,2-3H3/t13-,14+,15+/m0/s1. The van der Waals surface area contributed by atoms with Gasteiger partial charge in [-0.05, 0) is 30.6 Å². The summed E-state index contributed by atoms with van der Waals surface area (Å²) in [6, 6.07) is 0. The van der Waals surface area contributed by atoms with Gasteiger partial charge >= 0.3 is 0 Å². The van der Waals surface area contributed by atoms with Crippen molar-refractivity contribution in [3.8, 4) is 0 Å². The van der Waals surface area contributed by atoms with E-state index in [1.165, 1.54) is 5.57 Å². The van der Waals surface area contributed by atoms with Gasteiger partial charge in [-0.1, -0.05) is 19.1 Å². The molecule has 4 heteroatoms. The Bertz CT molecular complexity index is 375. The van der Waals surface area contributed by atoms with Crippen molar-refractivity contribution < 1.29 is 18.9 Å². The summed E-state index contributed by atoms with van der Waals surface area (Å²) in [4.78, 5) is 0. The van der Waals surface area contributed by atoms with E-state index < -0.39 is 0 Å². The lowest BCUT2D eigenvalue weighted by Gasteiger charge is -2.46. The molecule has 3 atom stereocenters. The second-order valence-corrected chi connectivity index (χ2v) is 6.63. The van der Waals surface area contributed by atoms with Crippen LogP contribution in [0.1, 0.15) is 32.6 Å². The Kier molecular flexibility index (Phi) is 3.93. The van der Waals surface area contributed by atoms with Crippen LogP contribution in [-0.2, 0) is 18.9 Å². The monoisotopic (exact) mass is 282 g/mol. The zero-order valence-electron chi connectivity index (χ0n) is 12.7. The van der Waals surface area contributed by atoms with Crippen molar-refractivity contribution in [2.45, 2.75) is 38.4 Å². The fourth-order valence-electron chi connectivity index (χ4n) is 4.47. The number of ether oxygens (including phenoxy) is 4. The Hall–Kier alpha value is -0.420. The molecule has 114 valence electrons. The highest BCUT2D eigenvalue weighted by molar-refractivity contribution is 5.22. The van der Waals surface area contributed by atoms with Crippen molar-refractivity contribution in [1.82, 2.24) is 0 Å². The maximum atomic E-state index is 6.01. The Morgan fingerprint density at radius 2 is 2.05 bits per heavy atom. The van der Waals surface area contributed by atoms with E-state index in [0.29, 0.717) is 24.0 Å². The summed E-state index contributed by atoms with van der Waals surface area (Å²) in [5, 5.41) is 0. The Morgan fingerprint density at radius 1 is 1.30 bits per heavy atom. The number of hydrogen-bond donors (Lipinski definition) is 0. The predicted octanol–water partition coefficient (Wildman–Crippen LogP) is 2.73. The minimum absolute atomic E-state index is 0.316. The Labute approximate surface area is 121 Å². The zero-order valence-corrected chi connectivity index (χ0v) is 12.7. The van der Waals surface area contributed by atoms with Gasteiger partial charge in [-0.3, -0.25) is 0 Å². The fraction of sp³-hybridized carbons (Fsp3) is 0.875. The van der Waals surface area contributed by atoms with E-state index >= 15 is 0 Å². The predicted molar refractivity (Wildman–Crippen MR) is 75.2 cm³/mol. The average Bonchev–Trinajstić information content (AvgIpc) is 2.99. The van der Waals surface area contributed by atoms with Crippen LogP contribution in [0.5, 0.6) is 0 Å². The molecule has 0 amide bonds. The zero-order chi connectivity index (χ0) is 14.2. The normalized spacial score (nSPS) is 38.8. The highest BCUT2D eigenvalue weighted by Gasteiger charge is 2.60. The Balaban J connectivity index is 1.71. The van der Waals surface area contributed by atoms with Crippen LogP contribution in [0.15, 0.2) is 12.2 Å². The van der Waals surface area contributed by atoms with E-state index in [1.54, 1.807) is 7.11 Å². The van der Waals surface area contributed by atoms with Gasteiger partial charge in [0.05, 0.1) is 13.2 Å². The topological polar surface area (TPSA) is 36.9 Å². The lowest BCUT2D eigenvalue weighted by atomic mass is 9.64. The SMILES string of the molecule is C=C1C[C@]2(CCOCOC)C[C@H]1C1(C[C@@H]2C)OCCO1. The van der Waals surface area contributed by atoms with E-state index in [0.717, 1.165) is 45.5 Å². The summed E-state index contributed by atoms with van der Waals surface area (Å²) >= 11 is 0. The van der Waals surface area contributed by atoms with Gasteiger partial charge in [0.2, 0.25) is 0 Å². The van der Waals surface area contributed by atoms with E-state index in [4.69, 9.17) is 18.9 Å². The number of rotatable bonds is 5. The molecule has 20 heavy (non-hydrogen) atoms. The largest absolute Gasteiger partial charge is 0.359 e.